The fourth-order valence-corrected chi connectivity index (χ4v) is 3.30. The van der Waals surface area contributed by atoms with Gasteiger partial charge in [0.25, 0.3) is 0 Å². The zero-order valence-electron chi connectivity index (χ0n) is 12.7. The number of carbonyl (C=O) groups excluding carboxylic acids is 1. The van der Waals surface area contributed by atoms with E-state index < -0.39 is 0 Å². The third kappa shape index (κ3) is 3.38. The van der Waals surface area contributed by atoms with Gasteiger partial charge >= 0.3 is 0 Å². The Hall–Kier alpha value is -1.55. The van der Waals surface area contributed by atoms with E-state index in [1.807, 2.05) is 24.3 Å². The predicted octanol–water partition coefficient (Wildman–Crippen LogP) is 1.88. The lowest BCUT2D eigenvalue weighted by molar-refractivity contribution is -0.123. The van der Waals surface area contributed by atoms with Crippen molar-refractivity contribution in [2.24, 2.45) is 11.3 Å². The molecule has 0 radical (unpaired) electrons. The summed E-state index contributed by atoms with van der Waals surface area (Å²) >= 11 is 0. The molecule has 21 heavy (non-hydrogen) atoms. The molecule has 3 rings (SSSR count). The minimum Gasteiger partial charge on any atom is -0.492 e. The van der Waals surface area contributed by atoms with Crippen LogP contribution in [0.1, 0.15) is 24.8 Å². The molecule has 0 aromatic heterocycles. The van der Waals surface area contributed by atoms with Gasteiger partial charge in [0.1, 0.15) is 12.4 Å². The Labute approximate surface area is 126 Å². The summed E-state index contributed by atoms with van der Waals surface area (Å²) in [5.74, 6) is 1.31. The summed E-state index contributed by atoms with van der Waals surface area (Å²) in [6.07, 6.45) is 3.36. The van der Waals surface area contributed by atoms with E-state index in [0.717, 1.165) is 38.1 Å². The monoisotopic (exact) mass is 288 g/mol. The van der Waals surface area contributed by atoms with Crippen LogP contribution >= 0.6 is 0 Å². The van der Waals surface area contributed by atoms with Crippen molar-refractivity contribution in [1.29, 1.82) is 0 Å². The zero-order chi connectivity index (χ0) is 14.7. The molecule has 1 spiro atoms. The maximum Gasteiger partial charge on any atom is 0.223 e. The van der Waals surface area contributed by atoms with Crippen LogP contribution in [0, 0.1) is 18.3 Å². The first kappa shape index (κ1) is 14.4. The van der Waals surface area contributed by atoms with Crippen molar-refractivity contribution in [2.45, 2.75) is 26.2 Å². The van der Waals surface area contributed by atoms with Crippen molar-refractivity contribution in [3.8, 4) is 5.75 Å². The van der Waals surface area contributed by atoms with Crippen LogP contribution in [-0.2, 0) is 4.79 Å². The molecule has 1 saturated heterocycles. The van der Waals surface area contributed by atoms with Crippen LogP contribution in [0.15, 0.2) is 24.3 Å². The third-order valence-corrected chi connectivity index (χ3v) is 4.80. The first-order chi connectivity index (χ1) is 10.2. The van der Waals surface area contributed by atoms with Gasteiger partial charge in [-0.1, -0.05) is 17.7 Å². The van der Waals surface area contributed by atoms with Gasteiger partial charge in [-0.05, 0) is 56.8 Å². The lowest BCUT2D eigenvalue weighted by Gasteiger charge is -2.23. The van der Waals surface area contributed by atoms with Crippen molar-refractivity contribution >= 4 is 5.91 Å². The topological polar surface area (TPSA) is 50.4 Å². The highest BCUT2D eigenvalue weighted by Gasteiger charge is 2.57. The Kier molecular flexibility index (Phi) is 4.15. The highest BCUT2D eigenvalue weighted by molar-refractivity contribution is 5.82. The molecule has 1 aliphatic carbocycles. The molecule has 0 bridgehead atoms. The van der Waals surface area contributed by atoms with Crippen molar-refractivity contribution in [2.75, 3.05) is 26.2 Å². The molecule has 1 aromatic rings. The molecule has 2 N–H and O–H groups in total. The lowest BCUT2D eigenvalue weighted by atomic mass is 9.92. The van der Waals surface area contributed by atoms with Crippen LogP contribution in [0.25, 0.3) is 0 Å². The molecule has 1 unspecified atom stereocenters. The molecule has 1 heterocycles. The normalized spacial score (nSPS) is 22.8. The number of aryl methyl sites for hydroxylation is 1. The van der Waals surface area contributed by atoms with Crippen LogP contribution < -0.4 is 15.4 Å². The van der Waals surface area contributed by atoms with E-state index >= 15 is 0 Å². The van der Waals surface area contributed by atoms with Gasteiger partial charge in [-0.25, -0.2) is 0 Å². The van der Waals surface area contributed by atoms with Crippen LogP contribution in [-0.4, -0.2) is 32.1 Å². The van der Waals surface area contributed by atoms with Crippen molar-refractivity contribution < 1.29 is 9.53 Å². The highest BCUT2D eigenvalue weighted by Crippen LogP contribution is 2.58. The number of benzene rings is 1. The zero-order valence-corrected chi connectivity index (χ0v) is 12.7. The van der Waals surface area contributed by atoms with E-state index in [9.17, 15) is 4.79 Å². The lowest BCUT2D eigenvalue weighted by Crippen LogP contribution is -2.35. The van der Waals surface area contributed by atoms with E-state index in [1.54, 1.807) is 0 Å². The number of hydrogen-bond donors (Lipinski definition) is 2. The molecular formula is C17H24N2O2. The van der Waals surface area contributed by atoms with Gasteiger partial charge in [0.15, 0.2) is 0 Å². The van der Waals surface area contributed by atoms with Gasteiger partial charge in [0.2, 0.25) is 5.91 Å². The van der Waals surface area contributed by atoms with Crippen molar-refractivity contribution in [3.63, 3.8) is 0 Å². The first-order valence-corrected chi connectivity index (χ1v) is 7.88. The van der Waals surface area contributed by atoms with Gasteiger partial charge in [0, 0.05) is 5.92 Å². The average molecular weight is 288 g/mol. The number of nitrogens with one attached hydrogen (secondary N) is 2. The molecular weight excluding hydrogens is 264 g/mol. The molecule has 1 saturated carbocycles. The Morgan fingerprint density at radius 1 is 1.33 bits per heavy atom. The molecule has 1 atom stereocenters. The summed E-state index contributed by atoms with van der Waals surface area (Å²) in [7, 11) is 0. The average Bonchev–Trinajstić information content (AvgIpc) is 3.19. The fraction of sp³-hybridized carbons (Fsp3) is 0.588. The van der Waals surface area contributed by atoms with Gasteiger partial charge in [-0.15, -0.1) is 0 Å². The molecule has 2 aliphatic rings. The van der Waals surface area contributed by atoms with Crippen LogP contribution in [0.4, 0.5) is 0 Å². The van der Waals surface area contributed by atoms with E-state index in [4.69, 9.17) is 4.74 Å². The van der Waals surface area contributed by atoms with Gasteiger partial charge in [0.05, 0.1) is 6.54 Å². The van der Waals surface area contributed by atoms with E-state index in [2.05, 4.69) is 17.6 Å². The smallest absolute Gasteiger partial charge is 0.223 e. The number of hydrogen-bond acceptors (Lipinski definition) is 3. The van der Waals surface area contributed by atoms with Crippen LogP contribution in [0.3, 0.4) is 0 Å². The Morgan fingerprint density at radius 3 is 2.76 bits per heavy atom. The minimum atomic E-state index is 0.212. The van der Waals surface area contributed by atoms with Crippen molar-refractivity contribution in [1.82, 2.24) is 10.6 Å². The Bertz CT molecular complexity index is 492. The van der Waals surface area contributed by atoms with Gasteiger partial charge in [-0.2, -0.15) is 0 Å². The third-order valence-electron chi connectivity index (χ3n) is 4.80. The molecule has 1 aliphatic heterocycles. The van der Waals surface area contributed by atoms with Gasteiger partial charge in [-0.3, -0.25) is 4.79 Å². The minimum absolute atomic E-state index is 0.212. The number of rotatable bonds is 5. The fourth-order valence-electron chi connectivity index (χ4n) is 3.30. The van der Waals surface area contributed by atoms with E-state index in [-0.39, 0.29) is 11.8 Å². The second kappa shape index (κ2) is 6.06. The summed E-state index contributed by atoms with van der Waals surface area (Å²) in [5, 5.41) is 6.38. The van der Waals surface area contributed by atoms with E-state index in [0.29, 0.717) is 18.6 Å². The summed E-state index contributed by atoms with van der Waals surface area (Å²) in [4.78, 5) is 12.1. The summed E-state index contributed by atoms with van der Waals surface area (Å²) in [6, 6.07) is 7.97. The second-order valence-corrected chi connectivity index (χ2v) is 6.32. The molecule has 1 amide bonds. The molecule has 4 nitrogen and oxygen atoms in total. The molecule has 4 heteroatoms. The maximum absolute atomic E-state index is 12.1. The maximum atomic E-state index is 12.1. The largest absolute Gasteiger partial charge is 0.492 e. The summed E-state index contributed by atoms with van der Waals surface area (Å²) in [6.45, 7) is 5.27. The second-order valence-electron chi connectivity index (χ2n) is 6.32. The molecule has 114 valence electrons. The number of carbonyl (C=O) groups is 1. The van der Waals surface area contributed by atoms with Crippen molar-refractivity contribution in [3.05, 3.63) is 29.8 Å². The standard InChI is InChI=1S/C17H24N2O2/c1-13-2-4-14(5-3-13)21-11-10-19-16(20)15-12-17(15)6-8-18-9-7-17/h2-5,15,18H,6-12H2,1H3,(H,19,20). The summed E-state index contributed by atoms with van der Waals surface area (Å²) in [5.41, 5.74) is 1.53. The summed E-state index contributed by atoms with van der Waals surface area (Å²) < 4.78 is 5.62. The number of ether oxygens (including phenoxy) is 1. The van der Waals surface area contributed by atoms with E-state index in [1.165, 1.54) is 5.56 Å². The van der Waals surface area contributed by atoms with Crippen LogP contribution in [0.5, 0.6) is 5.75 Å². The van der Waals surface area contributed by atoms with Gasteiger partial charge < -0.3 is 15.4 Å². The number of piperidine rings is 1. The predicted molar refractivity (Wildman–Crippen MR) is 82.3 cm³/mol. The number of amides is 1. The molecule has 2 fully saturated rings. The SMILES string of the molecule is Cc1ccc(OCCNC(=O)C2CC23CCNCC3)cc1. The Morgan fingerprint density at radius 2 is 2.05 bits per heavy atom. The molecule has 1 aromatic carbocycles. The first-order valence-electron chi connectivity index (χ1n) is 7.88. The Balaban J connectivity index is 1.36. The quantitative estimate of drug-likeness (QED) is 0.813. The van der Waals surface area contributed by atoms with Crippen LogP contribution in [0.2, 0.25) is 0 Å². The highest BCUT2D eigenvalue weighted by atomic mass is 16.5.